The standard InChI is InChI=1S/C19H18BrN5O4/c1-11-21-9-13(10-22-11)16-15(19(27)28)17(25(24-16)7-8-29-2)23-18(26)12-3-5-14(20)6-4-12/h3-6,9-10H,7-8H2,1-2H3,(H,23,26)(H,27,28). The number of nitrogens with zero attached hydrogens (tertiary/aromatic N) is 4. The van der Waals surface area contributed by atoms with E-state index in [0.29, 0.717) is 17.0 Å². The molecule has 0 aliphatic carbocycles. The number of carboxylic acids is 1. The third kappa shape index (κ3) is 4.66. The molecule has 1 aromatic carbocycles. The first-order valence-electron chi connectivity index (χ1n) is 8.59. The summed E-state index contributed by atoms with van der Waals surface area (Å²) in [6.07, 6.45) is 3.00. The monoisotopic (exact) mass is 459 g/mol. The van der Waals surface area contributed by atoms with Crippen LogP contribution in [0.4, 0.5) is 5.82 Å². The van der Waals surface area contributed by atoms with E-state index in [1.165, 1.54) is 24.2 Å². The van der Waals surface area contributed by atoms with Crippen molar-refractivity contribution < 1.29 is 19.4 Å². The summed E-state index contributed by atoms with van der Waals surface area (Å²) in [7, 11) is 1.52. The highest BCUT2D eigenvalue weighted by Crippen LogP contribution is 2.29. The van der Waals surface area contributed by atoms with Crippen molar-refractivity contribution in [3.63, 3.8) is 0 Å². The van der Waals surface area contributed by atoms with E-state index in [4.69, 9.17) is 4.74 Å². The van der Waals surface area contributed by atoms with E-state index in [9.17, 15) is 14.7 Å². The molecule has 2 heterocycles. The second-order valence-corrected chi connectivity index (χ2v) is 6.99. The van der Waals surface area contributed by atoms with Crippen molar-refractivity contribution in [1.82, 2.24) is 19.7 Å². The Balaban J connectivity index is 2.07. The summed E-state index contributed by atoms with van der Waals surface area (Å²) >= 11 is 3.32. The number of hydrogen-bond acceptors (Lipinski definition) is 6. The number of carbonyl (C=O) groups is 2. The van der Waals surface area contributed by atoms with E-state index in [-0.39, 0.29) is 30.2 Å². The van der Waals surface area contributed by atoms with Gasteiger partial charge in [-0.1, -0.05) is 15.9 Å². The Morgan fingerprint density at radius 1 is 1.21 bits per heavy atom. The van der Waals surface area contributed by atoms with Gasteiger partial charge >= 0.3 is 5.97 Å². The number of aromatic nitrogens is 4. The molecule has 150 valence electrons. The number of carboxylic acid groups (broad SMARTS) is 1. The highest BCUT2D eigenvalue weighted by Gasteiger charge is 2.26. The molecule has 29 heavy (non-hydrogen) atoms. The van der Waals surface area contributed by atoms with E-state index in [1.54, 1.807) is 31.2 Å². The summed E-state index contributed by atoms with van der Waals surface area (Å²) < 4.78 is 7.31. The third-order valence-electron chi connectivity index (χ3n) is 4.07. The van der Waals surface area contributed by atoms with Gasteiger partial charge in [-0.3, -0.25) is 4.79 Å². The molecule has 0 radical (unpaired) electrons. The van der Waals surface area contributed by atoms with E-state index in [2.05, 4.69) is 36.3 Å². The average Bonchev–Trinajstić information content (AvgIpc) is 3.05. The minimum absolute atomic E-state index is 0.0676. The smallest absolute Gasteiger partial charge is 0.341 e. The zero-order chi connectivity index (χ0) is 21.0. The fourth-order valence-electron chi connectivity index (χ4n) is 2.63. The van der Waals surface area contributed by atoms with Crippen LogP contribution in [0.2, 0.25) is 0 Å². The number of nitrogens with one attached hydrogen (secondary N) is 1. The normalized spacial score (nSPS) is 10.7. The lowest BCUT2D eigenvalue weighted by Gasteiger charge is -2.10. The molecule has 9 nitrogen and oxygen atoms in total. The molecule has 2 aromatic heterocycles. The number of aromatic carboxylic acids is 1. The van der Waals surface area contributed by atoms with Crippen molar-refractivity contribution in [3.8, 4) is 11.3 Å². The Hall–Kier alpha value is -3.11. The lowest BCUT2D eigenvalue weighted by molar-refractivity contribution is 0.0698. The molecule has 0 spiro atoms. The van der Waals surface area contributed by atoms with Gasteiger partial charge in [0.05, 0.1) is 13.2 Å². The number of rotatable bonds is 7. The molecule has 0 atom stereocenters. The molecule has 0 fully saturated rings. The Bertz CT molecular complexity index is 1030. The van der Waals surface area contributed by atoms with Crippen LogP contribution < -0.4 is 5.32 Å². The third-order valence-corrected chi connectivity index (χ3v) is 4.59. The SMILES string of the molecule is COCCn1nc(-c2cnc(C)nc2)c(C(=O)O)c1NC(=O)c1ccc(Br)cc1. The molecular formula is C19H18BrN5O4. The zero-order valence-corrected chi connectivity index (χ0v) is 17.3. The molecule has 0 saturated heterocycles. The average molecular weight is 460 g/mol. The highest BCUT2D eigenvalue weighted by atomic mass is 79.9. The van der Waals surface area contributed by atoms with Gasteiger partial charge in [-0.2, -0.15) is 5.10 Å². The summed E-state index contributed by atoms with van der Waals surface area (Å²) in [4.78, 5) is 33.0. The molecule has 3 aromatic rings. The van der Waals surface area contributed by atoms with E-state index >= 15 is 0 Å². The molecular weight excluding hydrogens is 442 g/mol. The van der Waals surface area contributed by atoms with Gasteiger partial charge in [-0.15, -0.1) is 0 Å². The van der Waals surface area contributed by atoms with Crippen LogP contribution in [0.25, 0.3) is 11.3 Å². The van der Waals surface area contributed by atoms with Gasteiger partial charge in [0.1, 0.15) is 22.9 Å². The summed E-state index contributed by atoms with van der Waals surface area (Å²) in [5, 5.41) is 16.9. The maximum Gasteiger partial charge on any atom is 0.341 e. The van der Waals surface area contributed by atoms with Crippen molar-refractivity contribution in [2.45, 2.75) is 13.5 Å². The predicted octanol–water partition coefficient (Wildman–Crippen LogP) is 3.01. The van der Waals surface area contributed by atoms with Crippen LogP contribution in [-0.4, -0.2) is 50.4 Å². The topological polar surface area (TPSA) is 119 Å². The second-order valence-electron chi connectivity index (χ2n) is 6.07. The van der Waals surface area contributed by atoms with Crippen LogP contribution in [0.5, 0.6) is 0 Å². The number of anilines is 1. The van der Waals surface area contributed by atoms with Crippen molar-refractivity contribution >= 4 is 33.6 Å². The quantitative estimate of drug-likeness (QED) is 0.556. The van der Waals surface area contributed by atoms with Gasteiger partial charge in [-0.25, -0.2) is 19.4 Å². The molecule has 2 N–H and O–H groups in total. The number of halogens is 1. The highest BCUT2D eigenvalue weighted by molar-refractivity contribution is 9.10. The number of methoxy groups -OCH3 is 1. The fourth-order valence-corrected chi connectivity index (χ4v) is 2.89. The van der Waals surface area contributed by atoms with Crippen LogP contribution in [0.3, 0.4) is 0 Å². The molecule has 0 aliphatic rings. The Morgan fingerprint density at radius 2 is 1.86 bits per heavy atom. The molecule has 0 saturated carbocycles. The predicted molar refractivity (Wildman–Crippen MR) is 109 cm³/mol. The van der Waals surface area contributed by atoms with Crippen molar-refractivity contribution in [1.29, 1.82) is 0 Å². The van der Waals surface area contributed by atoms with Crippen molar-refractivity contribution in [2.75, 3.05) is 19.0 Å². The maximum atomic E-state index is 12.7. The first-order chi connectivity index (χ1) is 13.9. The number of carbonyl (C=O) groups excluding carboxylic acids is 1. The van der Waals surface area contributed by atoms with Crippen LogP contribution in [0.15, 0.2) is 41.1 Å². The minimum Gasteiger partial charge on any atom is -0.477 e. The van der Waals surface area contributed by atoms with Crippen LogP contribution in [0, 0.1) is 6.92 Å². The van der Waals surface area contributed by atoms with Gasteiger partial charge in [-0.05, 0) is 31.2 Å². The summed E-state index contributed by atoms with van der Waals surface area (Å²) in [5.74, 6) is -1.06. The summed E-state index contributed by atoms with van der Waals surface area (Å²) in [6.45, 7) is 2.26. The lowest BCUT2D eigenvalue weighted by atomic mass is 10.1. The minimum atomic E-state index is -1.23. The second kappa shape index (κ2) is 8.93. The molecule has 0 bridgehead atoms. The van der Waals surface area contributed by atoms with Crippen LogP contribution >= 0.6 is 15.9 Å². The number of amides is 1. The van der Waals surface area contributed by atoms with Crippen LogP contribution in [0.1, 0.15) is 26.5 Å². The lowest BCUT2D eigenvalue weighted by Crippen LogP contribution is -2.19. The van der Waals surface area contributed by atoms with Gasteiger partial charge < -0.3 is 15.2 Å². The van der Waals surface area contributed by atoms with Gasteiger partial charge in [0, 0.05) is 35.1 Å². The summed E-state index contributed by atoms with van der Waals surface area (Å²) in [6, 6.07) is 6.71. The Morgan fingerprint density at radius 3 is 2.45 bits per heavy atom. The fraction of sp³-hybridized carbons (Fsp3) is 0.211. The van der Waals surface area contributed by atoms with Crippen LogP contribution in [-0.2, 0) is 11.3 Å². The number of ether oxygens (including phenoxy) is 1. The van der Waals surface area contributed by atoms with Gasteiger partial charge in [0.15, 0.2) is 0 Å². The number of benzene rings is 1. The van der Waals surface area contributed by atoms with E-state index in [0.717, 1.165) is 4.47 Å². The van der Waals surface area contributed by atoms with Gasteiger partial charge in [0.2, 0.25) is 0 Å². The molecule has 0 aliphatic heterocycles. The number of aryl methyl sites for hydroxylation is 1. The first kappa shape index (κ1) is 20.6. The molecule has 0 unspecified atom stereocenters. The van der Waals surface area contributed by atoms with Gasteiger partial charge in [0.25, 0.3) is 5.91 Å². The molecule has 10 heteroatoms. The molecule has 1 amide bonds. The first-order valence-corrected chi connectivity index (χ1v) is 9.39. The zero-order valence-electron chi connectivity index (χ0n) is 15.7. The van der Waals surface area contributed by atoms with Crippen molar-refractivity contribution in [2.24, 2.45) is 0 Å². The number of hydrogen-bond donors (Lipinski definition) is 2. The molecule has 3 rings (SSSR count). The summed E-state index contributed by atoms with van der Waals surface area (Å²) in [5.41, 5.74) is 0.839. The van der Waals surface area contributed by atoms with Crippen molar-refractivity contribution in [3.05, 3.63) is 58.1 Å². The van der Waals surface area contributed by atoms with E-state index < -0.39 is 11.9 Å². The largest absolute Gasteiger partial charge is 0.477 e. The maximum absolute atomic E-state index is 12.7. The van der Waals surface area contributed by atoms with E-state index in [1.807, 2.05) is 0 Å². The Labute approximate surface area is 174 Å². The Kier molecular flexibility index (Phi) is 6.35.